The summed E-state index contributed by atoms with van der Waals surface area (Å²) in [5.74, 6) is 0. The summed E-state index contributed by atoms with van der Waals surface area (Å²) >= 11 is 0. The number of hydrogen-bond acceptors (Lipinski definition) is 2. The van der Waals surface area contributed by atoms with Crippen molar-refractivity contribution in [1.29, 1.82) is 0 Å². The van der Waals surface area contributed by atoms with E-state index in [9.17, 15) is 4.79 Å². The molecule has 2 amide bonds. The monoisotopic (exact) mass is 315 g/mol. The predicted octanol–water partition coefficient (Wildman–Crippen LogP) is 3.18. The minimum Gasteiger partial charge on any atom is -0.335 e. The van der Waals surface area contributed by atoms with Crippen molar-refractivity contribution in [3.63, 3.8) is 0 Å². The Hall–Kier alpha value is -1.81. The molecule has 0 unspecified atom stereocenters. The molecule has 1 aromatic carbocycles. The van der Waals surface area contributed by atoms with E-state index < -0.39 is 0 Å². The number of aryl methyl sites for hydroxylation is 1. The van der Waals surface area contributed by atoms with Crippen LogP contribution < -0.4 is 5.32 Å². The van der Waals surface area contributed by atoms with Crippen LogP contribution in [0.15, 0.2) is 36.4 Å². The number of carbonyl (C=O) groups excluding carboxylic acids is 1. The van der Waals surface area contributed by atoms with Gasteiger partial charge in [-0.2, -0.15) is 0 Å². The van der Waals surface area contributed by atoms with E-state index in [2.05, 4.69) is 42.8 Å². The van der Waals surface area contributed by atoms with Crippen LogP contribution in [0.2, 0.25) is 0 Å². The first-order valence-corrected chi connectivity index (χ1v) is 8.38. The zero-order chi connectivity index (χ0) is 16.8. The smallest absolute Gasteiger partial charge is 0.317 e. The molecule has 1 N–H and O–H groups in total. The van der Waals surface area contributed by atoms with Gasteiger partial charge in [-0.05, 0) is 37.8 Å². The molecule has 4 heteroatoms. The zero-order valence-corrected chi connectivity index (χ0v) is 14.6. The normalized spacial score (nSPS) is 16.1. The molecule has 1 heterocycles. The van der Waals surface area contributed by atoms with Gasteiger partial charge in [-0.3, -0.25) is 4.90 Å². The molecule has 1 aliphatic heterocycles. The van der Waals surface area contributed by atoms with E-state index in [1.807, 2.05) is 19.2 Å². The van der Waals surface area contributed by atoms with Crippen molar-refractivity contribution in [3.05, 3.63) is 47.5 Å². The number of urea groups is 1. The Balaban J connectivity index is 1.78. The third kappa shape index (κ3) is 5.39. The average molecular weight is 315 g/mol. The van der Waals surface area contributed by atoms with Crippen LogP contribution in [-0.2, 0) is 6.54 Å². The van der Waals surface area contributed by atoms with E-state index in [-0.39, 0.29) is 12.1 Å². The van der Waals surface area contributed by atoms with Gasteiger partial charge < -0.3 is 10.2 Å². The number of rotatable bonds is 5. The lowest BCUT2D eigenvalue weighted by Crippen LogP contribution is -2.48. The van der Waals surface area contributed by atoms with Crippen molar-refractivity contribution in [3.8, 4) is 0 Å². The number of nitrogens with one attached hydrogen (secondary N) is 1. The maximum Gasteiger partial charge on any atom is 0.317 e. The molecule has 0 atom stereocenters. The first-order chi connectivity index (χ1) is 11.0. The molecule has 0 aliphatic carbocycles. The van der Waals surface area contributed by atoms with E-state index in [4.69, 9.17) is 0 Å². The van der Waals surface area contributed by atoms with E-state index >= 15 is 0 Å². The van der Waals surface area contributed by atoms with Gasteiger partial charge in [-0.15, -0.1) is 0 Å². The number of nitrogens with zero attached hydrogens (tertiary/aromatic N) is 2. The lowest BCUT2D eigenvalue weighted by atomic mass is 10.0. The van der Waals surface area contributed by atoms with Crippen molar-refractivity contribution in [1.82, 2.24) is 15.1 Å². The van der Waals surface area contributed by atoms with Gasteiger partial charge in [0.05, 0.1) is 0 Å². The van der Waals surface area contributed by atoms with Gasteiger partial charge in [-0.25, -0.2) is 4.79 Å². The Labute approximate surface area is 140 Å². The molecule has 0 bridgehead atoms. The fourth-order valence-electron chi connectivity index (χ4n) is 3.02. The standard InChI is InChI=1S/C19H29N3O/c1-15(2)13-22-11-9-18(10-12-22)20-19(23)21(4)14-17-8-6-5-7-16(17)3/h5-8,18H,1,9-14H2,2-4H3,(H,20,23). The molecule has 1 fully saturated rings. The van der Waals surface area contributed by atoms with E-state index in [1.165, 1.54) is 16.7 Å². The van der Waals surface area contributed by atoms with E-state index in [0.29, 0.717) is 6.54 Å². The molecule has 1 aliphatic rings. The summed E-state index contributed by atoms with van der Waals surface area (Å²) < 4.78 is 0. The van der Waals surface area contributed by atoms with Gasteiger partial charge in [0.15, 0.2) is 0 Å². The summed E-state index contributed by atoms with van der Waals surface area (Å²) in [6.07, 6.45) is 2.02. The molecular weight excluding hydrogens is 286 g/mol. The molecular formula is C19H29N3O. The number of piperidine rings is 1. The van der Waals surface area contributed by atoms with E-state index in [1.54, 1.807) is 4.90 Å². The first-order valence-electron chi connectivity index (χ1n) is 8.38. The molecule has 4 nitrogen and oxygen atoms in total. The van der Waals surface area contributed by atoms with Gasteiger partial charge in [0.1, 0.15) is 0 Å². The van der Waals surface area contributed by atoms with Gasteiger partial charge in [0.2, 0.25) is 0 Å². The summed E-state index contributed by atoms with van der Waals surface area (Å²) in [6.45, 7) is 11.8. The third-order valence-electron chi connectivity index (χ3n) is 4.42. The topological polar surface area (TPSA) is 35.6 Å². The third-order valence-corrected chi connectivity index (χ3v) is 4.42. The molecule has 0 spiro atoms. The van der Waals surface area contributed by atoms with Crippen molar-refractivity contribution >= 4 is 6.03 Å². The fraction of sp³-hybridized carbons (Fsp3) is 0.526. The molecule has 0 radical (unpaired) electrons. The van der Waals surface area contributed by atoms with Crippen LogP contribution in [0.1, 0.15) is 30.9 Å². The molecule has 1 aromatic rings. The highest BCUT2D eigenvalue weighted by atomic mass is 16.2. The number of amides is 2. The Morgan fingerprint density at radius 3 is 2.61 bits per heavy atom. The van der Waals surface area contributed by atoms with Crippen molar-refractivity contribution in [2.75, 3.05) is 26.7 Å². The van der Waals surface area contributed by atoms with Crippen molar-refractivity contribution in [2.24, 2.45) is 0 Å². The second-order valence-electron chi connectivity index (χ2n) is 6.74. The molecule has 2 rings (SSSR count). The van der Waals surface area contributed by atoms with Crippen molar-refractivity contribution < 1.29 is 4.79 Å². The summed E-state index contributed by atoms with van der Waals surface area (Å²) in [5, 5.41) is 3.17. The van der Waals surface area contributed by atoms with Crippen LogP contribution in [0.5, 0.6) is 0 Å². The zero-order valence-electron chi connectivity index (χ0n) is 14.6. The van der Waals surface area contributed by atoms with Crippen LogP contribution in [0.25, 0.3) is 0 Å². The summed E-state index contributed by atoms with van der Waals surface area (Å²) in [4.78, 5) is 16.5. The van der Waals surface area contributed by atoms with Gasteiger partial charge in [0, 0.05) is 39.3 Å². The van der Waals surface area contributed by atoms with Gasteiger partial charge in [-0.1, -0.05) is 36.4 Å². The SMILES string of the molecule is C=C(C)CN1CCC(NC(=O)N(C)Cc2ccccc2C)CC1. The minimum absolute atomic E-state index is 0.0200. The predicted molar refractivity (Wildman–Crippen MR) is 95.5 cm³/mol. The Bertz CT molecular complexity index is 547. The number of carbonyl (C=O) groups is 1. The second-order valence-corrected chi connectivity index (χ2v) is 6.74. The van der Waals surface area contributed by atoms with Crippen LogP contribution in [-0.4, -0.2) is 48.6 Å². The highest BCUT2D eigenvalue weighted by Crippen LogP contribution is 2.13. The highest BCUT2D eigenvalue weighted by Gasteiger charge is 2.21. The highest BCUT2D eigenvalue weighted by molar-refractivity contribution is 5.74. The molecule has 23 heavy (non-hydrogen) atoms. The number of likely N-dealkylation sites (tertiary alicyclic amines) is 1. The van der Waals surface area contributed by atoms with Gasteiger partial charge in [0.25, 0.3) is 0 Å². The largest absolute Gasteiger partial charge is 0.335 e. The molecule has 0 saturated carbocycles. The van der Waals surface area contributed by atoms with E-state index in [0.717, 1.165) is 32.5 Å². The molecule has 126 valence electrons. The Morgan fingerprint density at radius 1 is 1.35 bits per heavy atom. The summed E-state index contributed by atoms with van der Waals surface area (Å²) in [6, 6.07) is 8.51. The van der Waals surface area contributed by atoms with Crippen LogP contribution in [0.4, 0.5) is 4.79 Å². The van der Waals surface area contributed by atoms with Crippen LogP contribution in [0.3, 0.4) is 0 Å². The number of benzene rings is 1. The van der Waals surface area contributed by atoms with Gasteiger partial charge >= 0.3 is 6.03 Å². The first kappa shape index (κ1) is 17.5. The summed E-state index contributed by atoms with van der Waals surface area (Å²) in [5.41, 5.74) is 3.62. The van der Waals surface area contributed by atoms with Crippen molar-refractivity contribution in [2.45, 2.75) is 39.3 Å². The number of hydrogen-bond donors (Lipinski definition) is 1. The second kappa shape index (κ2) is 8.16. The van der Waals surface area contributed by atoms with Crippen LogP contribution in [0, 0.1) is 6.92 Å². The van der Waals surface area contributed by atoms with Crippen LogP contribution >= 0.6 is 0 Å². The fourth-order valence-corrected chi connectivity index (χ4v) is 3.02. The quantitative estimate of drug-likeness (QED) is 0.847. The lowest BCUT2D eigenvalue weighted by molar-refractivity contribution is 0.182. The minimum atomic E-state index is 0.0200. The lowest BCUT2D eigenvalue weighted by Gasteiger charge is -2.33. The maximum absolute atomic E-state index is 12.4. The summed E-state index contributed by atoms with van der Waals surface area (Å²) in [7, 11) is 1.86. The Morgan fingerprint density at radius 2 is 2.00 bits per heavy atom. The maximum atomic E-state index is 12.4. The molecule has 0 aromatic heterocycles. The Kier molecular flexibility index (Phi) is 6.22. The molecule has 1 saturated heterocycles. The average Bonchev–Trinajstić information content (AvgIpc) is 2.51.